The minimum atomic E-state index is 1.02. The smallest absolute Gasteiger partial charge is 0.0218 e. The molecule has 0 spiro atoms. The lowest BCUT2D eigenvalue weighted by molar-refractivity contribution is 0.849. The molecule has 2 aromatic rings. The molecule has 0 aliphatic heterocycles. The highest BCUT2D eigenvalue weighted by atomic mass is 14.9. The van der Waals surface area contributed by atoms with E-state index >= 15 is 0 Å². The highest BCUT2D eigenvalue weighted by Gasteiger charge is 2.00. The van der Waals surface area contributed by atoms with E-state index in [1.54, 1.807) is 0 Å². The van der Waals surface area contributed by atoms with Crippen LogP contribution < -0.4 is 0 Å². The Morgan fingerprint density at radius 2 is 1.86 bits per heavy atom. The van der Waals surface area contributed by atoms with E-state index in [9.17, 15) is 0 Å². The van der Waals surface area contributed by atoms with Gasteiger partial charge in [0.2, 0.25) is 0 Å². The van der Waals surface area contributed by atoms with Gasteiger partial charge in [0.25, 0.3) is 0 Å². The molecule has 1 nitrogen and oxygen atoms in total. The van der Waals surface area contributed by atoms with Gasteiger partial charge in [0, 0.05) is 25.4 Å². The van der Waals surface area contributed by atoms with Crippen molar-refractivity contribution in [3.63, 3.8) is 0 Å². The Labute approximate surface area is 85.0 Å². The first kappa shape index (κ1) is 9.07. The number of nitrogens with zero attached hydrogens (tertiary/aromatic N) is 1. The summed E-state index contributed by atoms with van der Waals surface area (Å²) in [7, 11) is 2.10. The molecule has 0 radical (unpaired) electrons. The molecular weight excluding hydrogens is 170 g/mol. The van der Waals surface area contributed by atoms with Crippen LogP contribution in [0.25, 0.3) is 0 Å². The standard InChI is InChI=1S/C13H15N/c1-11-8-13(14(2)10-11)9-12-6-4-3-5-7-12/h3-8,10H,9H2,1-2H3. The van der Waals surface area contributed by atoms with Crippen LogP contribution in [0, 0.1) is 6.92 Å². The van der Waals surface area contributed by atoms with E-state index in [0.29, 0.717) is 0 Å². The zero-order valence-electron chi connectivity index (χ0n) is 8.70. The normalized spacial score (nSPS) is 10.4. The van der Waals surface area contributed by atoms with Gasteiger partial charge >= 0.3 is 0 Å². The van der Waals surface area contributed by atoms with Crippen LogP contribution in [-0.4, -0.2) is 4.57 Å². The summed E-state index contributed by atoms with van der Waals surface area (Å²) in [6.07, 6.45) is 3.18. The topological polar surface area (TPSA) is 4.93 Å². The van der Waals surface area contributed by atoms with Gasteiger partial charge in [-0.1, -0.05) is 30.3 Å². The van der Waals surface area contributed by atoms with Crippen molar-refractivity contribution >= 4 is 0 Å². The van der Waals surface area contributed by atoms with Crippen LogP contribution in [0.3, 0.4) is 0 Å². The quantitative estimate of drug-likeness (QED) is 0.678. The average molecular weight is 185 g/mol. The van der Waals surface area contributed by atoms with Gasteiger partial charge in [-0.15, -0.1) is 0 Å². The summed E-state index contributed by atoms with van der Waals surface area (Å²) in [4.78, 5) is 0. The molecule has 0 aliphatic rings. The Hall–Kier alpha value is -1.50. The second-order valence-corrected chi connectivity index (χ2v) is 3.78. The second kappa shape index (κ2) is 3.70. The van der Waals surface area contributed by atoms with Crippen LogP contribution in [0.4, 0.5) is 0 Å². The minimum absolute atomic E-state index is 1.02. The summed E-state index contributed by atoms with van der Waals surface area (Å²) >= 11 is 0. The Bertz CT molecular complexity index is 412. The maximum Gasteiger partial charge on any atom is 0.0218 e. The molecule has 2 rings (SSSR count). The maximum absolute atomic E-state index is 2.24. The fourth-order valence-electron chi connectivity index (χ4n) is 1.77. The molecule has 1 heterocycles. The number of benzene rings is 1. The van der Waals surface area contributed by atoms with Crippen molar-refractivity contribution in [1.29, 1.82) is 0 Å². The van der Waals surface area contributed by atoms with Crippen molar-refractivity contribution in [3.05, 3.63) is 59.4 Å². The molecule has 1 heteroatoms. The van der Waals surface area contributed by atoms with Crippen molar-refractivity contribution in [2.45, 2.75) is 13.3 Å². The van der Waals surface area contributed by atoms with Gasteiger partial charge in [-0.25, -0.2) is 0 Å². The van der Waals surface area contributed by atoms with Gasteiger partial charge in [-0.2, -0.15) is 0 Å². The molecule has 0 saturated heterocycles. The Balaban J connectivity index is 2.23. The molecular formula is C13H15N. The molecule has 0 bridgehead atoms. The van der Waals surface area contributed by atoms with E-state index in [4.69, 9.17) is 0 Å². The lowest BCUT2D eigenvalue weighted by Gasteiger charge is -2.02. The fourth-order valence-corrected chi connectivity index (χ4v) is 1.77. The highest BCUT2D eigenvalue weighted by molar-refractivity contribution is 5.25. The monoisotopic (exact) mass is 185 g/mol. The van der Waals surface area contributed by atoms with Crippen molar-refractivity contribution in [1.82, 2.24) is 4.57 Å². The number of hydrogen-bond donors (Lipinski definition) is 0. The molecule has 0 aliphatic carbocycles. The van der Waals surface area contributed by atoms with Gasteiger partial charge < -0.3 is 4.57 Å². The molecule has 72 valence electrons. The zero-order valence-corrected chi connectivity index (χ0v) is 8.70. The number of hydrogen-bond acceptors (Lipinski definition) is 0. The lowest BCUT2D eigenvalue weighted by Crippen LogP contribution is -1.95. The van der Waals surface area contributed by atoms with Crippen molar-refractivity contribution in [2.75, 3.05) is 0 Å². The van der Waals surface area contributed by atoms with Gasteiger partial charge in [0.15, 0.2) is 0 Å². The Morgan fingerprint density at radius 1 is 1.14 bits per heavy atom. The largest absolute Gasteiger partial charge is 0.354 e. The lowest BCUT2D eigenvalue weighted by atomic mass is 10.1. The number of aromatic nitrogens is 1. The molecule has 1 aromatic heterocycles. The van der Waals surface area contributed by atoms with Crippen LogP contribution in [-0.2, 0) is 13.5 Å². The average Bonchev–Trinajstić information content (AvgIpc) is 2.47. The minimum Gasteiger partial charge on any atom is -0.354 e. The van der Waals surface area contributed by atoms with Gasteiger partial charge in [0.05, 0.1) is 0 Å². The zero-order chi connectivity index (χ0) is 9.97. The maximum atomic E-state index is 2.24. The summed E-state index contributed by atoms with van der Waals surface area (Å²) in [5, 5.41) is 0. The van der Waals surface area contributed by atoms with E-state index in [-0.39, 0.29) is 0 Å². The first-order valence-corrected chi connectivity index (χ1v) is 4.91. The van der Waals surface area contributed by atoms with Gasteiger partial charge in [0.1, 0.15) is 0 Å². The number of rotatable bonds is 2. The summed E-state index contributed by atoms with van der Waals surface area (Å²) in [5.74, 6) is 0. The Morgan fingerprint density at radius 3 is 2.43 bits per heavy atom. The van der Waals surface area contributed by atoms with Crippen molar-refractivity contribution in [2.24, 2.45) is 7.05 Å². The van der Waals surface area contributed by atoms with Crippen LogP contribution in [0.1, 0.15) is 16.8 Å². The van der Waals surface area contributed by atoms with Crippen LogP contribution in [0.2, 0.25) is 0 Å². The first-order valence-electron chi connectivity index (χ1n) is 4.91. The predicted molar refractivity (Wildman–Crippen MR) is 59.4 cm³/mol. The van der Waals surface area contributed by atoms with Crippen LogP contribution in [0.15, 0.2) is 42.6 Å². The van der Waals surface area contributed by atoms with Gasteiger partial charge in [-0.05, 0) is 24.1 Å². The van der Waals surface area contributed by atoms with Crippen LogP contribution >= 0.6 is 0 Å². The van der Waals surface area contributed by atoms with E-state index in [1.807, 2.05) is 0 Å². The SMILES string of the molecule is Cc1cc(Cc2ccccc2)n(C)c1. The third-order valence-electron chi connectivity index (χ3n) is 2.47. The molecule has 1 aromatic carbocycles. The molecule has 14 heavy (non-hydrogen) atoms. The molecule has 0 saturated carbocycles. The third-order valence-corrected chi connectivity index (χ3v) is 2.47. The molecule has 0 unspecified atom stereocenters. The van der Waals surface area contributed by atoms with E-state index in [0.717, 1.165) is 6.42 Å². The highest BCUT2D eigenvalue weighted by Crippen LogP contribution is 2.11. The Kier molecular flexibility index (Phi) is 2.40. The van der Waals surface area contributed by atoms with E-state index in [2.05, 4.69) is 61.1 Å². The summed E-state index contributed by atoms with van der Waals surface area (Å²) in [6.45, 7) is 2.13. The summed E-state index contributed by atoms with van der Waals surface area (Å²) in [5.41, 5.74) is 4.07. The van der Waals surface area contributed by atoms with Crippen molar-refractivity contribution < 1.29 is 0 Å². The van der Waals surface area contributed by atoms with Gasteiger partial charge in [-0.3, -0.25) is 0 Å². The summed E-state index contributed by atoms with van der Waals surface area (Å²) < 4.78 is 2.20. The second-order valence-electron chi connectivity index (χ2n) is 3.78. The molecule has 0 atom stereocenters. The predicted octanol–water partition coefficient (Wildman–Crippen LogP) is 2.92. The van der Waals surface area contributed by atoms with E-state index in [1.165, 1.54) is 16.8 Å². The van der Waals surface area contributed by atoms with E-state index < -0.39 is 0 Å². The summed E-state index contributed by atoms with van der Waals surface area (Å²) in [6, 6.07) is 12.8. The number of aryl methyl sites for hydroxylation is 2. The molecule has 0 N–H and O–H groups in total. The molecule has 0 amide bonds. The van der Waals surface area contributed by atoms with Crippen LogP contribution in [0.5, 0.6) is 0 Å². The molecule has 0 fully saturated rings. The fraction of sp³-hybridized carbons (Fsp3) is 0.231. The first-order chi connectivity index (χ1) is 6.75. The van der Waals surface area contributed by atoms with Crippen molar-refractivity contribution in [3.8, 4) is 0 Å². The third kappa shape index (κ3) is 1.87.